The SMILES string of the molecule is CC(C)C[C@@]12C[C@@H](C[C@H]3O[B]O[C@]31C)C2(C)C. The summed E-state index contributed by atoms with van der Waals surface area (Å²) in [5.41, 5.74) is 0.592. The van der Waals surface area contributed by atoms with Gasteiger partial charge in [0, 0.05) is 5.41 Å². The third-order valence-corrected chi connectivity index (χ3v) is 6.18. The van der Waals surface area contributed by atoms with Crippen LogP contribution in [0.25, 0.3) is 0 Å². The molecule has 0 N–H and O–H groups in total. The molecule has 0 spiro atoms. The summed E-state index contributed by atoms with van der Waals surface area (Å²) in [6, 6.07) is 0. The van der Waals surface area contributed by atoms with Crippen LogP contribution in [0.15, 0.2) is 0 Å². The minimum absolute atomic E-state index is 0.102. The summed E-state index contributed by atoms with van der Waals surface area (Å²) in [5, 5.41) is 0. The largest absolute Gasteiger partial charge is 0.488 e. The summed E-state index contributed by atoms with van der Waals surface area (Å²) < 4.78 is 11.7. The van der Waals surface area contributed by atoms with Gasteiger partial charge in [0.1, 0.15) is 0 Å². The molecule has 1 heterocycles. The minimum Gasteiger partial charge on any atom is -0.407 e. The Hall–Kier alpha value is -0.0151. The molecule has 2 bridgehead atoms. The second-order valence-electron chi connectivity index (χ2n) is 7.48. The van der Waals surface area contributed by atoms with Gasteiger partial charge in [0.15, 0.2) is 0 Å². The van der Waals surface area contributed by atoms with Crippen LogP contribution >= 0.6 is 0 Å². The summed E-state index contributed by atoms with van der Waals surface area (Å²) in [6.45, 7) is 11.8. The highest BCUT2D eigenvalue weighted by molar-refractivity contribution is 6.19. The van der Waals surface area contributed by atoms with Crippen LogP contribution in [0.5, 0.6) is 0 Å². The van der Waals surface area contributed by atoms with Crippen molar-refractivity contribution >= 4 is 7.69 Å². The van der Waals surface area contributed by atoms with Crippen molar-refractivity contribution in [1.29, 1.82) is 0 Å². The Kier molecular flexibility index (Phi) is 2.34. The van der Waals surface area contributed by atoms with E-state index >= 15 is 0 Å². The fourth-order valence-electron chi connectivity index (χ4n) is 5.03. The maximum Gasteiger partial charge on any atom is 0.488 e. The Morgan fingerprint density at radius 1 is 1.29 bits per heavy atom. The molecular formula is C14H24BO2. The van der Waals surface area contributed by atoms with Gasteiger partial charge in [0.05, 0.1) is 11.7 Å². The van der Waals surface area contributed by atoms with Crippen LogP contribution in [0.3, 0.4) is 0 Å². The third-order valence-electron chi connectivity index (χ3n) is 6.18. The summed E-state index contributed by atoms with van der Waals surface area (Å²) in [7, 11) is 1.60. The molecule has 0 aromatic rings. The average molecular weight is 235 g/mol. The zero-order valence-corrected chi connectivity index (χ0v) is 11.7. The first-order valence-electron chi connectivity index (χ1n) is 6.98. The van der Waals surface area contributed by atoms with Crippen molar-refractivity contribution in [3.05, 3.63) is 0 Å². The molecule has 4 fully saturated rings. The molecule has 2 nitrogen and oxygen atoms in total. The summed E-state index contributed by atoms with van der Waals surface area (Å²) in [4.78, 5) is 0. The highest BCUT2D eigenvalue weighted by Gasteiger charge is 2.74. The quantitative estimate of drug-likeness (QED) is 0.684. The van der Waals surface area contributed by atoms with Crippen LogP contribution in [0.1, 0.15) is 53.9 Å². The van der Waals surface area contributed by atoms with E-state index in [1.807, 2.05) is 0 Å². The van der Waals surface area contributed by atoms with E-state index in [4.69, 9.17) is 9.31 Å². The first-order chi connectivity index (χ1) is 7.83. The van der Waals surface area contributed by atoms with Crippen LogP contribution in [-0.2, 0) is 9.31 Å². The molecule has 1 aliphatic heterocycles. The second-order valence-corrected chi connectivity index (χ2v) is 7.48. The Bertz CT molecular complexity index is 341. The topological polar surface area (TPSA) is 18.5 Å². The number of hydrogen-bond acceptors (Lipinski definition) is 2. The average Bonchev–Trinajstić information content (AvgIpc) is 2.60. The molecule has 3 heteroatoms. The van der Waals surface area contributed by atoms with Gasteiger partial charge in [0.25, 0.3) is 0 Å². The van der Waals surface area contributed by atoms with Crippen molar-refractivity contribution in [2.45, 2.75) is 65.6 Å². The Labute approximate surface area is 106 Å². The van der Waals surface area contributed by atoms with E-state index in [1.54, 1.807) is 7.69 Å². The molecule has 1 saturated heterocycles. The van der Waals surface area contributed by atoms with Gasteiger partial charge in [-0.1, -0.05) is 27.7 Å². The van der Waals surface area contributed by atoms with Crippen LogP contribution in [-0.4, -0.2) is 19.4 Å². The van der Waals surface area contributed by atoms with Gasteiger partial charge < -0.3 is 9.31 Å². The molecule has 3 saturated carbocycles. The molecule has 4 aliphatic rings. The Morgan fingerprint density at radius 2 is 2.00 bits per heavy atom. The molecule has 0 amide bonds. The van der Waals surface area contributed by atoms with Crippen LogP contribution < -0.4 is 0 Å². The summed E-state index contributed by atoms with van der Waals surface area (Å²) in [5.74, 6) is 1.53. The monoisotopic (exact) mass is 235 g/mol. The van der Waals surface area contributed by atoms with E-state index in [1.165, 1.54) is 19.3 Å². The van der Waals surface area contributed by atoms with Gasteiger partial charge in [-0.25, -0.2) is 0 Å². The van der Waals surface area contributed by atoms with Crippen molar-refractivity contribution in [3.63, 3.8) is 0 Å². The maximum absolute atomic E-state index is 5.99. The first-order valence-corrected chi connectivity index (χ1v) is 6.98. The lowest BCUT2D eigenvalue weighted by Crippen LogP contribution is -2.73. The lowest BCUT2D eigenvalue weighted by atomic mass is 9.33. The Balaban J connectivity index is 2.01. The van der Waals surface area contributed by atoms with Gasteiger partial charge in [0.2, 0.25) is 0 Å². The lowest BCUT2D eigenvalue weighted by Gasteiger charge is -2.73. The van der Waals surface area contributed by atoms with Gasteiger partial charge in [-0.05, 0) is 43.4 Å². The van der Waals surface area contributed by atoms with Gasteiger partial charge in [-0.3, -0.25) is 0 Å². The fraction of sp³-hybridized carbons (Fsp3) is 1.00. The zero-order valence-electron chi connectivity index (χ0n) is 11.7. The minimum atomic E-state index is -0.102. The summed E-state index contributed by atoms with van der Waals surface area (Å²) >= 11 is 0. The van der Waals surface area contributed by atoms with Crippen LogP contribution in [0.4, 0.5) is 0 Å². The number of hydrogen-bond donors (Lipinski definition) is 0. The highest BCUT2D eigenvalue weighted by atomic mass is 16.6. The highest BCUT2D eigenvalue weighted by Crippen LogP contribution is 2.75. The second kappa shape index (κ2) is 3.30. The fourth-order valence-corrected chi connectivity index (χ4v) is 5.03. The van der Waals surface area contributed by atoms with Crippen LogP contribution in [0.2, 0.25) is 0 Å². The number of rotatable bonds is 2. The van der Waals surface area contributed by atoms with Crippen LogP contribution in [0, 0.1) is 22.7 Å². The maximum atomic E-state index is 5.99. The standard InChI is InChI=1S/C14H24BO2/c1-9(2)7-14-8-10(12(14,3)4)6-11-13(14,5)17-15-16-11/h9-11H,6-8H2,1-5H3/t10-,11-,13-,14+/m1/s1. The van der Waals surface area contributed by atoms with E-state index in [0.717, 1.165) is 11.8 Å². The van der Waals surface area contributed by atoms with Crippen molar-refractivity contribution in [2.75, 3.05) is 0 Å². The Morgan fingerprint density at radius 3 is 2.59 bits per heavy atom. The molecule has 4 rings (SSSR count). The van der Waals surface area contributed by atoms with Gasteiger partial charge in [-0.15, -0.1) is 0 Å². The molecule has 0 aromatic carbocycles. The molecule has 4 atom stereocenters. The summed E-state index contributed by atoms with van der Waals surface area (Å²) in [6.07, 6.45) is 4.02. The molecule has 3 aliphatic carbocycles. The smallest absolute Gasteiger partial charge is 0.407 e. The van der Waals surface area contributed by atoms with Crippen molar-refractivity contribution in [3.8, 4) is 0 Å². The molecule has 95 valence electrons. The van der Waals surface area contributed by atoms with E-state index < -0.39 is 0 Å². The third kappa shape index (κ3) is 1.20. The molecular weight excluding hydrogens is 211 g/mol. The van der Waals surface area contributed by atoms with E-state index in [2.05, 4.69) is 34.6 Å². The normalized spacial score (nSPS) is 50.7. The van der Waals surface area contributed by atoms with E-state index in [9.17, 15) is 0 Å². The predicted molar refractivity (Wildman–Crippen MR) is 68.5 cm³/mol. The first kappa shape index (κ1) is 12.0. The zero-order chi connectivity index (χ0) is 12.5. The van der Waals surface area contributed by atoms with E-state index in [0.29, 0.717) is 10.8 Å². The van der Waals surface area contributed by atoms with Gasteiger partial charge >= 0.3 is 7.69 Å². The predicted octanol–water partition coefficient (Wildman–Crippen LogP) is 3.18. The molecule has 0 unspecified atom stereocenters. The van der Waals surface area contributed by atoms with Crippen molar-refractivity contribution < 1.29 is 9.31 Å². The lowest BCUT2D eigenvalue weighted by molar-refractivity contribution is -0.282. The molecule has 1 radical (unpaired) electrons. The van der Waals surface area contributed by atoms with Gasteiger partial charge in [-0.2, -0.15) is 0 Å². The van der Waals surface area contributed by atoms with Crippen molar-refractivity contribution in [2.24, 2.45) is 22.7 Å². The molecule has 17 heavy (non-hydrogen) atoms. The van der Waals surface area contributed by atoms with E-state index in [-0.39, 0.29) is 11.7 Å². The van der Waals surface area contributed by atoms with Crippen molar-refractivity contribution in [1.82, 2.24) is 0 Å². The molecule has 0 aromatic heterocycles.